The van der Waals surface area contributed by atoms with E-state index in [4.69, 9.17) is 0 Å². The highest BCUT2D eigenvalue weighted by molar-refractivity contribution is 5.91. The van der Waals surface area contributed by atoms with Crippen molar-refractivity contribution in [2.24, 2.45) is 11.8 Å². The number of carbonyl (C=O) groups excluding carboxylic acids is 1. The molecule has 18 heavy (non-hydrogen) atoms. The first kappa shape index (κ1) is 14.0. The summed E-state index contributed by atoms with van der Waals surface area (Å²) in [5.74, 6) is 1.57. The second-order valence-electron chi connectivity index (χ2n) is 6.29. The van der Waals surface area contributed by atoms with Gasteiger partial charge in [-0.1, -0.05) is 39.5 Å². The summed E-state index contributed by atoms with van der Waals surface area (Å²) in [5.41, 5.74) is -0.149. The maximum absolute atomic E-state index is 13.0. The van der Waals surface area contributed by atoms with Crippen LogP contribution in [0.5, 0.6) is 0 Å². The van der Waals surface area contributed by atoms with Crippen molar-refractivity contribution in [3.8, 4) is 0 Å². The van der Waals surface area contributed by atoms with E-state index in [1.54, 1.807) is 0 Å². The van der Waals surface area contributed by atoms with E-state index in [0.29, 0.717) is 17.6 Å². The molecule has 0 spiro atoms. The van der Waals surface area contributed by atoms with Crippen LogP contribution < -0.4 is 5.32 Å². The first-order chi connectivity index (χ1) is 8.73. The van der Waals surface area contributed by atoms with Gasteiger partial charge in [0.2, 0.25) is 0 Å². The zero-order chi connectivity index (χ0) is 13.0. The lowest BCUT2D eigenvalue weighted by molar-refractivity contribution is -0.132. The Labute approximate surface area is 112 Å². The van der Waals surface area contributed by atoms with Crippen LogP contribution in [0.1, 0.15) is 71.6 Å². The number of Topliss-reactive ketones (excluding diaryl/α,β-unsaturated/α-hetero) is 1. The van der Waals surface area contributed by atoms with Gasteiger partial charge in [-0.3, -0.25) is 4.79 Å². The Morgan fingerprint density at radius 2 is 2.00 bits per heavy atom. The maximum Gasteiger partial charge on any atom is 0.156 e. The minimum atomic E-state index is -0.149. The number of ketones is 1. The topological polar surface area (TPSA) is 29.1 Å². The van der Waals surface area contributed by atoms with Crippen molar-refractivity contribution in [2.45, 2.75) is 77.2 Å². The molecule has 0 radical (unpaired) electrons. The van der Waals surface area contributed by atoms with Crippen LogP contribution in [0.25, 0.3) is 0 Å². The number of hydrogen-bond acceptors (Lipinski definition) is 2. The van der Waals surface area contributed by atoms with E-state index in [2.05, 4.69) is 19.2 Å². The van der Waals surface area contributed by atoms with Gasteiger partial charge in [0.05, 0.1) is 5.54 Å². The Hall–Kier alpha value is -0.370. The second kappa shape index (κ2) is 6.18. The average molecular weight is 251 g/mol. The minimum Gasteiger partial charge on any atom is -0.305 e. The fourth-order valence-electron chi connectivity index (χ4n) is 4.18. The van der Waals surface area contributed by atoms with E-state index < -0.39 is 0 Å². The Balaban J connectivity index is 2.11. The molecule has 1 heterocycles. The molecule has 2 aliphatic rings. The van der Waals surface area contributed by atoms with Crippen molar-refractivity contribution < 1.29 is 4.79 Å². The van der Waals surface area contributed by atoms with Crippen molar-refractivity contribution >= 4 is 5.78 Å². The molecule has 1 aliphatic heterocycles. The molecule has 1 aliphatic carbocycles. The summed E-state index contributed by atoms with van der Waals surface area (Å²) < 4.78 is 0. The first-order valence-corrected chi connectivity index (χ1v) is 8.03. The van der Waals surface area contributed by atoms with Crippen molar-refractivity contribution in [1.82, 2.24) is 5.32 Å². The molecule has 2 rings (SSSR count). The Bertz CT molecular complexity index is 281. The molecule has 1 N–H and O–H groups in total. The number of nitrogens with one attached hydrogen (secondary N) is 1. The SMILES string of the molecule is CCCC1(C(=O)C2CCCCC2CC)CCCN1. The standard InChI is InChI=1S/C16H29NO/c1-3-10-16(11-7-12-17-16)15(18)14-9-6-5-8-13(14)4-2/h13-14,17H,3-12H2,1-2H3. The smallest absolute Gasteiger partial charge is 0.156 e. The van der Waals surface area contributed by atoms with Gasteiger partial charge < -0.3 is 5.32 Å². The number of carbonyl (C=O) groups is 1. The van der Waals surface area contributed by atoms with Gasteiger partial charge in [-0.25, -0.2) is 0 Å². The maximum atomic E-state index is 13.0. The van der Waals surface area contributed by atoms with E-state index in [-0.39, 0.29) is 5.54 Å². The van der Waals surface area contributed by atoms with Crippen molar-refractivity contribution in [3.63, 3.8) is 0 Å². The lowest BCUT2D eigenvalue weighted by Gasteiger charge is -2.37. The predicted octanol–water partition coefficient (Wildman–Crippen LogP) is 3.69. The van der Waals surface area contributed by atoms with Crippen molar-refractivity contribution in [3.05, 3.63) is 0 Å². The van der Waals surface area contributed by atoms with Crippen LogP contribution >= 0.6 is 0 Å². The molecule has 2 heteroatoms. The van der Waals surface area contributed by atoms with Crippen LogP contribution in [0.15, 0.2) is 0 Å². The molecule has 0 aromatic heterocycles. The summed E-state index contributed by atoms with van der Waals surface area (Å²) in [7, 11) is 0. The van der Waals surface area contributed by atoms with Gasteiger partial charge in [-0.15, -0.1) is 0 Å². The third kappa shape index (κ3) is 2.64. The zero-order valence-corrected chi connectivity index (χ0v) is 12.1. The molecule has 3 atom stereocenters. The highest BCUT2D eigenvalue weighted by Gasteiger charge is 2.45. The van der Waals surface area contributed by atoms with E-state index >= 15 is 0 Å². The molecular weight excluding hydrogens is 222 g/mol. The monoisotopic (exact) mass is 251 g/mol. The van der Waals surface area contributed by atoms with Gasteiger partial charge in [0.25, 0.3) is 0 Å². The third-order valence-electron chi connectivity index (χ3n) is 5.16. The summed E-state index contributed by atoms with van der Waals surface area (Å²) in [6.45, 7) is 5.49. The quantitative estimate of drug-likeness (QED) is 0.807. The molecule has 1 saturated heterocycles. The Morgan fingerprint density at radius 3 is 2.61 bits per heavy atom. The third-order valence-corrected chi connectivity index (χ3v) is 5.16. The lowest BCUT2D eigenvalue weighted by Crippen LogP contribution is -2.52. The molecule has 0 bridgehead atoms. The van der Waals surface area contributed by atoms with Crippen LogP contribution in [-0.4, -0.2) is 17.9 Å². The summed E-state index contributed by atoms with van der Waals surface area (Å²) >= 11 is 0. The van der Waals surface area contributed by atoms with E-state index in [9.17, 15) is 4.79 Å². The van der Waals surface area contributed by atoms with E-state index in [1.165, 1.54) is 32.1 Å². The summed E-state index contributed by atoms with van der Waals surface area (Å²) in [6, 6.07) is 0. The Morgan fingerprint density at radius 1 is 1.22 bits per heavy atom. The van der Waals surface area contributed by atoms with Crippen LogP contribution in [0, 0.1) is 11.8 Å². The van der Waals surface area contributed by atoms with Gasteiger partial charge in [-0.05, 0) is 44.6 Å². The number of hydrogen-bond donors (Lipinski definition) is 1. The summed E-state index contributed by atoms with van der Waals surface area (Å²) in [6.07, 6.45) is 10.6. The highest BCUT2D eigenvalue weighted by atomic mass is 16.1. The van der Waals surface area contributed by atoms with Gasteiger partial charge in [0.1, 0.15) is 0 Å². The van der Waals surface area contributed by atoms with Gasteiger partial charge >= 0.3 is 0 Å². The van der Waals surface area contributed by atoms with Crippen molar-refractivity contribution in [2.75, 3.05) is 6.54 Å². The summed E-state index contributed by atoms with van der Waals surface area (Å²) in [4.78, 5) is 13.0. The largest absolute Gasteiger partial charge is 0.305 e. The van der Waals surface area contributed by atoms with Crippen LogP contribution in [0.3, 0.4) is 0 Å². The zero-order valence-electron chi connectivity index (χ0n) is 12.1. The molecule has 0 aromatic carbocycles. The molecule has 2 fully saturated rings. The average Bonchev–Trinajstić information content (AvgIpc) is 2.88. The highest BCUT2D eigenvalue weighted by Crippen LogP contribution is 2.38. The van der Waals surface area contributed by atoms with Crippen LogP contribution in [0.2, 0.25) is 0 Å². The molecule has 0 aromatic rings. The molecule has 1 saturated carbocycles. The van der Waals surface area contributed by atoms with Crippen LogP contribution in [-0.2, 0) is 4.79 Å². The van der Waals surface area contributed by atoms with Gasteiger partial charge in [0, 0.05) is 5.92 Å². The van der Waals surface area contributed by atoms with E-state index in [0.717, 1.165) is 32.2 Å². The first-order valence-electron chi connectivity index (χ1n) is 8.03. The minimum absolute atomic E-state index is 0.149. The predicted molar refractivity (Wildman–Crippen MR) is 75.6 cm³/mol. The molecule has 2 nitrogen and oxygen atoms in total. The molecular formula is C16H29NO. The van der Waals surface area contributed by atoms with Crippen molar-refractivity contribution in [1.29, 1.82) is 0 Å². The number of rotatable bonds is 5. The Kier molecular flexibility index (Phi) is 4.83. The normalized spacial score (nSPS) is 36.8. The molecule has 3 unspecified atom stereocenters. The van der Waals surface area contributed by atoms with Gasteiger partial charge in [-0.2, -0.15) is 0 Å². The van der Waals surface area contributed by atoms with Gasteiger partial charge in [0.15, 0.2) is 5.78 Å². The second-order valence-corrected chi connectivity index (χ2v) is 6.29. The fourth-order valence-corrected chi connectivity index (χ4v) is 4.18. The molecule has 0 amide bonds. The van der Waals surface area contributed by atoms with Crippen LogP contribution in [0.4, 0.5) is 0 Å². The van der Waals surface area contributed by atoms with E-state index in [1.807, 2.05) is 0 Å². The lowest BCUT2D eigenvalue weighted by atomic mass is 9.69. The summed E-state index contributed by atoms with van der Waals surface area (Å²) in [5, 5.41) is 3.56. The molecule has 104 valence electrons. The fraction of sp³-hybridized carbons (Fsp3) is 0.938.